The van der Waals surface area contributed by atoms with E-state index in [2.05, 4.69) is 16.1 Å². The average Bonchev–Trinajstić information content (AvgIpc) is 3.02. The number of nitrogens with one attached hydrogen (secondary N) is 3. The first-order valence-electron chi connectivity index (χ1n) is 9.58. The summed E-state index contributed by atoms with van der Waals surface area (Å²) in [4.78, 5) is 36.1. The predicted molar refractivity (Wildman–Crippen MR) is 110 cm³/mol. The molecule has 0 radical (unpaired) electrons. The lowest BCUT2D eigenvalue weighted by Crippen LogP contribution is -2.46. The molecule has 29 heavy (non-hydrogen) atoms. The van der Waals surface area contributed by atoms with Gasteiger partial charge in [0.05, 0.1) is 0 Å². The third-order valence-electron chi connectivity index (χ3n) is 4.29. The summed E-state index contributed by atoms with van der Waals surface area (Å²) in [7, 11) is 0. The fourth-order valence-electron chi connectivity index (χ4n) is 2.61. The van der Waals surface area contributed by atoms with Gasteiger partial charge in [-0.2, -0.15) is 0 Å². The van der Waals surface area contributed by atoms with Crippen LogP contribution in [0.4, 0.5) is 0 Å². The number of hydrogen-bond acceptors (Lipinski definition) is 4. The van der Waals surface area contributed by atoms with Crippen LogP contribution in [-0.2, 0) is 9.59 Å². The van der Waals surface area contributed by atoms with Crippen molar-refractivity contribution in [1.82, 2.24) is 15.3 Å². The molecule has 0 spiro atoms. The maximum Gasteiger partial charge on any atom is 0.270 e. The van der Waals surface area contributed by atoms with Crippen LogP contribution in [0.5, 0.6) is 5.75 Å². The van der Waals surface area contributed by atoms with Gasteiger partial charge >= 0.3 is 0 Å². The fraction of sp³-hybridized carbons (Fsp3) is 0.381. The molecule has 8 heteroatoms. The second-order valence-corrected chi connectivity index (χ2v) is 6.79. The molecule has 3 N–H and O–H groups in total. The molecule has 1 heterocycles. The molecular weight excluding hydrogens is 372 g/mol. The molecule has 0 aliphatic heterocycles. The van der Waals surface area contributed by atoms with Gasteiger partial charge in [-0.15, -0.1) is 0 Å². The van der Waals surface area contributed by atoms with Gasteiger partial charge in [0.2, 0.25) is 5.91 Å². The highest BCUT2D eigenvalue weighted by molar-refractivity contribution is 6.00. The average molecular weight is 400 g/mol. The molecule has 1 atom stereocenters. The third kappa shape index (κ3) is 6.38. The van der Waals surface area contributed by atoms with Gasteiger partial charge in [0.25, 0.3) is 11.8 Å². The highest BCUT2D eigenvalue weighted by atomic mass is 16.5. The van der Waals surface area contributed by atoms with E-state index in [1.54, 1.807) is 35.9 Å². The second-order valence-electron chi connectivity index (χ2n) is 6.79. The summed E-state index contributed by atoms with van der Waals surface area (Å²) < 4.78 is 7.14. The minimum absolute atomic E-state index is 0.224. The Balaban J connectivity index is 1.83. The lowest BCUT2D eigenvalue weighted by molar-refractivity contribution is -0.129. The molecule has 0 fully saturated rings. The lowest BCUT2D eigenvalue weighted by Gasteiger charge is -2.14. The quantitative estimate of drug-likeness (QED) is 0.598. The van der Waals surface area contributed by atoms with Crippen molar-refractivity contribution in [3.63, 3.8) is 0 Å². The summed E-state index contributed by atoms with van der Waals surface area (Å²) >= 11 is 0. The van der Waals surface area contributed by atoms with Crippen molar-refractivity contribution in [3.05, 3.63) is 53.3 Å². The fourth-order valence-corrected chi connectivity index (χ4v) is 2.61. The van der Waals surface area contributed by atoms with E-state index < -0.39 is 11.9 Å². The molecule has 2 rings (SSSR count). The van der Waals surface area contributed by atoms with Gasteiger partial charge in [-0.1, -0.05) is 6.92 Å². The van der Waals surface area contributed by atoms with Gasteiger partial charge in [-0.05, 0) is 63.6 Å². The highest BCUT2D eigenvalue weighted by Gasteiger charge is 2.15. The zero-order valence-corrected chi connectivity index (χ0v) is 17.2. The molecule has 2 aromatic rings. The largest absolute Gasteiger partial charge is 0.484 e. The van der Waals surface area contributed by atoms with Crippen LogP contribution in [0.25, 0.3) is 0 Å². The minimum atomic E-state index is -0.635. The SMILES string of the molecule is CCCNC(=O)[C@H](C)NC(=O)COc1ccc(C(=O)Nn2c(C)ccc2C)cc1. The normalized spacial score (nSPS) is 11.4. The van der Waals surface area contributed by atoms with Crippen molar-refractivity contribution >= 4 is 17.7 Å². The lowest BCUT2D eigenvalue weighted by atomic mass is 10.2. The van der Waals surface area contributed by atoms with Crippen molar-refractivity contribution in [1.29, 1.82) is 0 Å². The van der Waals surface area contributed by atoms with Crippen molar-refractivity contribution in [2.45, 2.75) is 40.2 Å². The Labute approximate surface area is 170 Å². The van der Waals surface area contributed by atoms with Crippen LogP contribution < -0.4 is 20.8 Å². The number of ether oxygens (including phenoxy) is 1. The Hall–Kier alpha value is -3.29. The van der Waals surface area contributed by atoms with E-state index in [0.717, 1.165) is 17.8 Å². The third-order valence-corrected chi connectivity index (χ3v) is 4.29. The van der Waals surface area contributed by atoms with E-state index >= 15 is 0 Å². The zero-order chi connectivity index (χ0) is 21.4. The maximum atomic E-state index is 12.4. The molecule has 8 nitrogen and oxygen atoms in total. The summed E-state index contributed by atoms with van der Waals surface area (Å²) in [6.45, 7) is 7.73. The number of carbonyl (C=O) groups is 3. The summed E-state index contributed by atoms with van der Waals surface area (Å²) in [6, 6.07) is 9.70. The van der Waals surface area contributed by atoms with Crippen LogP contribution in [0.3, 0.4) is 0 Å². The molecule has 0 aliphatic carbocycles. The number of rotatable bonds is 9. The van der Waals surface area contributed by atoms with Gasteiger partial charge in [0.1, 0.15) is 11.8 Å². The molecular formula is C21H28N4O4. The zero-order valence-electron chi connectivity index (χ0n) is 17.2. The summed E-state index contributed by atoms with van der Waals surface area (Å²) in [5, 5.41) is 5.30. The van der Waals surface area contributed by atoms with E-state index in [-0.39, 0.29) is 18.4 Å². The van der Waals surface area contributed by atoms with Crippen LogP contribution in [0.2, 0.25) is 0 Å². The molecule has 0 aliphatic rings. The van der Waals surface area contributed by atoms with Gasteiger partial charge in [0, 0.05) is 23.5 Å². The van der Waals surface area contributed by atoms with Crippen LogP contribution in [0.15, 0.2) is 36.4 Å². The number of benzene rings is 1. The molecule has 3 amide bonds. The Bertz CT molecular complexity index is 839. The number of aromatic nitrogens is 1. The Kier molecular flexibility index (Phi) is 7.82. The van der Waals surface area contributed by atoms with Gasteiger partial charge < -0.3 is 15.4 Å². The molecule has 1 aromatic carbocycles. The van der Waals surface area contributed by atoms with Crippen LogP contribution >= 0.6 is 0 Å². The molecule has 1 aromatic heterocycles. The van der Waals surface area contributed by atoms with Crippen LogP contribution in [-0.4, -0.2) is 41.6 Å². The van der Waals surface area contributed by atoms with E-state index in [4.69, 9.17) is 4.74 Å². The Morgan fingerprint density at radius 2 is 1.66 bits per heavy atom. The van der Waals surface area contributed by atoms with Crippen LogP contribution in [0, 0.1) is 13.8 Å². The van der Waals surface area contributed by atoms with Crippen molar-refractivity contribution in [2.24, 2.45) is 0 Å². The Morgan fingerprint density at radius 1 is 1.03 bits per heavy atom. The monoisotopic (exact) mass is 400 g/mol. The van der Waals surface area contributed by atoms with E-state index in [9.17, 15) is 14.4 Å². The smallest absolute Gasteiger partial charge is 0.270 e. The van der Waals surface area contributed by atoms with Crippen molar-refractivity contribution in [2.75, 3.05) is 18.6 Å². The van der Waals surface area contributed by atoms with Crippen molar-refractivity contribution < 1.29 is 19.1 Å². The van der Waals surface area contributed by atoms with Gasteiger partial charge in [-0.3, -0.25) is 24.5 Å². The summed E-state index contributed by atoms with van der Waals surface area (Å²) in [5.74, 6) is -0.426. The first kappa shape index (κ1) is 22.0. The second kappa shape index (κ2) is 10.3. The van der Waals surface area contributed by atoms with E-state index in [1.807, 2.05) is 32.9 Å². The number of aryl methyl sites for hydroxylation is 2. The molecule has 0 unspecified atom stereocenters. The minimum Gasteiger partial charge on any atom is -0.484 e. The first-order valence-corrected chi connectivity index (χ1v) is 9.58. The molecule has 0 saturated carbocycles. The molecule has 0 saturated heterocycles. The number of nitrogens with zero attached hydrogens (tertiary/aromatic N) is 1. The topological polar surface area (TPSA) is 101 Å². The van der Waals surface area contributed by atoms with Crippen LogP contribution in [0.1, 0.15) is 42.0 Å². The summed E-state index contributed by atoms with van der Waals surface area (Å²) in [6.07, 6.45) is 0.828. The number of carbonyl (C=O) groups excluding carboxylic acids is 3. The molecule has 0 bridgehead atoms. The number of amides is 3. The number of hydrogen-bond donors (Lipinski definition) is 3. The van der Waals surface area contributed by atoms with E-state index in [0.29, 0.717) is 17.9 Å². The van der Waals surface area contributed by atoms with Gasteiger partial charge in [-0.25, -0.2) is 0 Å². The van der Waals surface area contributed by atoms with E-state index in [1.165, 1.54) is 0 Å². The maximum absolute atomic E-state index is 12.4. The predicted octanol–water partition coefficient (Wildman–Crippen LogP) is 1.90. The molecule has 156 valence electrons. The Morgan fingerprint density at radius 3 is 2.24 bits per heavy atom. The van der Waals surface area contributed by atoms with Gasteiger partial charge in [0.15, 0.2) is 6.61 Å². The highest BCUT2D eigenvalue weighted by Crippen LogP contribution is 2.13. The van der Waals surface area contributed by atoms with Crippen molar-refractivity contribution in [3.8, 4) is 5.75 Å². The standard InChI is InChI=1S/C21H28N4O4/c1-5-12-22-20(27)16(4)23-19(26)13-29-18-10-8-17(9-11-18)21(28)24-25-14(2)6-7-15(25)3/h6-11,16H,5,12-13H2,1-4H3,(H,22,27)(H,23,26)(H,24,28)/t16-/m0/s1. The first-order chi connectivity index (χ1) is 13.8. The summed E-state index contributed by atoms with van der Waals surface area (Å²) in [5.41, 5.74) is 5.15.